The Morgan fingerprint density at radius 3 is 2.79 bits per heavy atom. The minimum Gasteiger partial charge on any atom is -0.369 e. The summed E-state index contributed by atoms with van der Waals surface area (Å²) in [5.74, 6) is -0.260. The molecule has 0 saturated carbocycles. The Labute approximate surface area is 141 Å². The van der Waals surface area contributed by atoms with Crippen LogP contribution in [0.3, 0.4) is 0 Å². The van der Waals surface area contributed by atoms with Gasteiger partial charge in [-0.2, -0.15) is 5.26 Å². The third-order valence-electron chi connectivity index (χ3n) is 3.20. The molecule has 0 aliphatic heterocycles. The number of hydrogen-bond acceptors (Lipinski definition) is 3. The summed E-state index contributed by atoms with van der Waals surface area (Å²) < 4.78 is 1.91. The maximum Gasteiger partial charge on any atom is 0.248 e. The van der Waals surface area contributed by atoms with Gasteiger partial charge in [0.15, 0.2) is 0 Å². The van der Waals surface area contributed by atoms with Crippen molar-refractivity contribution in [2.24, 2.45) is 12.0 Å². The maximum atomic E-state index is 12.0. The predicted molar refractivity (Wildman–Crippen MR) is 96.1 cm³/mol. The molecule has 6 nitrogen and oxygen atoms in total. The first-order valence-corrected chi connectivity index (χ1v) is 7.35. The summed E-state index contributed by atoms with van der Waals surface area (Å²) in [6.07, 6.45) is 6.72. The molecule has 1 aromatic carbocycles. The van der Waals surface area contributed by atoms with Crippen molar-refractivity contribution in [3.8, 4) is 6.07 Å². The highest BCUT2D eigenvalue weighted by atomic mass is 16.1. The van der Waals surface area contributed by atoms with Crippen LogP contribution in [0.15, 0.2) is 47.6 Å². The summed E-state index contributed by atoms with van der Waals surface area (Å²) >= 11 is 0. The molecular formula is C18H19N5O. The molecule has 6 heteroatoms. The van der Waals surface area contributed by atoms with Crippen molar-refractivity contribution in [1.82, 2.24) is 9.47 Å². The van der Waals surface area contributed by atoms with Crippen molar-refractivity contribution in [2.75, 3.05) is 19.4 Å². The first-order valence-electron chi connectivity index (χ1n) is 7.35. The number of rotatable bonds is 5. The Balaban J connectivity index is 2.10. The zero-order valence-corrected chi connectivity index (χ0v) is 13.9. The van der Waals surface area contributed by atoms with Crippen molar-refractivity contribution in [3.05, 3.63) is 53.9 Å². The summed E-state index contributed by atoms with van der Waals surface area (Å²) in [5, 5.41) is 12.0. The van der Waals surface area contributed by atoms with Crippen LogP contribution in [0.1, 0.15) is 11.3 Å². The highest BCUT2D eigenvalue weighted by molar-refractivity contribution is 6.02. The number of amides is 1. The van der Waals surface area contributed by atoms with Gasteiger partial charge in [-0.1, -0.05) is 0 Å². The smallest absolute Gasteiger partial charge is 0.248 e. The van der Waals surface area contributed by atoms with Gasteiger partial charge in [-0.15, -0.1) is 0 Å². The molecule has 24 heavy (non-hydrogen) atoms. The second-order valence-electron chi connectivity index (χ2n) is 5.42. The van der Waals surface area contributed by atoms with Gasteiger partial charge in [0.05, 0.1) is 17.6 Å². The number of benzene rings is 1. The molecule has 2 rings (SSSR count). The number of anilines is 1. The number of nitriles is 1. The standard InChI is InChI=1S/C18H19N5O/c1-22(2)13-20-17-8-6-15(11-14(17)12-19)21-18(24)9-7-16-5-4-10-23(16)3/h4-11,13H,1-3H3,(H,21,24)/b9-7+,20-13?. The number of aromatic nitrogens is 1. The van der Waals surface area contributed by atoms with Crippen LogP contribution in [-0.2, 0) is 11.8 Å². The van der Waals surface area contributed by atoms with Crippen LogP contribution in [0.2, 0.25) is 0 Å². The Morgan fingerprint density at radius 1 is 1.38 bits per heavy atom. The number of hydrogen-bond donors (Lipinski definition) is 1. The topological polar surface area (TPSA) is 73.4 Å². The van der Waals surface area contributed by atoms with E-state index in [-0.39, 0.29) is 5.91 Å². The maximum absolute atomic E-state index is 12.0. The van der Waals surface area contributed by atoms with E-state index in [2.05, 4.69) is 16.4 Å². The molecule has 2 aromatic rings. The van der Waals surface area contributed by atoms with Crippen LogP contribution in [0, 0.1) is 11.3 Å². The van der Waals surface area contributed by atoms with Crippen LogP contribution >= 0.6 is 0 Å². The second kappa shape index (κ2) is 7.79. The molecule has 0 bridgehead atoms. The Morgan fingerprint density at radius 2 is 2.17 bits per heavy atom. The lowest BCUT2D eigenvalue weighted by atomic mass is 10.1. The first-order chi connectivity index (χ1) is 11.5. The minimum absolute atomic E-state index is 0.260. The average molecular weight is 321 g/mol. The lowest BCUT2D eigenvalue weighted by Gasteiger charge is -2.06. The van der Waals surface area contributed by atoms with Crippen molar-refractivity contribution in [2.45, 2.75) is 0 Å². The molecule has 0 saturated heterocycles. The monoisotopic (exact) mass is 321 g/mol. The fraction of sp³-hybridized carbons (Fsp3) is 0.167. The third kappa shape index (κ3) is 4.58. The van der Waals surface area contributed by atoms with Gasteiger partial charge in [-0.05, 0) is 36.4 Å². The molecule has 0 fully saturated rings. The molecule has 0 aliphatic rings. The largest absolute Gasteiger partial charge is 0.369 e. The van der Waals surface area contributed by atoms with E-state index in [0.717, 1.165) is 5.69 Å². The van der Waals surface area contributed by atoms with E-state index in [1.54, 1.807) is 35.5 Å². The molecule has 1 amide bonds. The second-order valence-corrected chi connectivity index (χ2v) is 5.42. The number of aryl methyl sites for hydroxylation is 1. The fourth-order valence-electron chi connectivity index (χ4n) is 1.99. The lowest BCUT2D eigenvalue weighted by Crippen LogP contribution is -2.08. The summed E-state index contributed by atoms with van der Waals surface area (Å²) in [5.41, 5.74) is 2.44. The van der Waals surface area contributed by atoms with E-state index < -0.39 is 0 Å². The van der Waals surface area contributed by atoms with E-state index >= 15 is 0 Å². The molecule has 0 unspecified atom stereocenters. The van der Waals surface area contributed by atoms with Crippen LogP contribution in [0.4, 0.5) is 11.4 Å². The quantitative estimate of drug-likeness (QED) is 0.523. The molecule has 0 aliphatic carbocycles. The normalized spacial score (nSPS) is 10.9. The lowest BCUT2D eigenvalue weighted by molar-refractivity contribution is -0.111. The van der Waals surface area contributed by atoms with E-state index in [4.69, 9.17) is 0 Å². The summed E-state index contributed by atoms with van der Waals surface area (Å²) in [7, 11) is 5.61. The highest BCUT2D eigenvalue weighted by Crippen LogP contribution is 2.22. The van der Waals surface area contributed by atoms with Crippen LogP contribution in [-0.4, -0.2) is 35.8 Å². The highest BCUT2D eigenvalue weighted by Gasteiger charge is 2.04. The van der Waals surface area contributed by atoms with Crippen molar-refractivity contribution in [3.63, 3.8) is 0 Å². The molecular weight excluding hydrogens is 302 g/mol. The van der Waals surface area contributed by atoms with Crippen molar-refractivity contribution < 1.29 is 4.79 Å². The SMILES string of the molecule is CN(C)C=Nc1ccc(NC(=O)/C=C/c2cccn2C)cc1C#N. The third-order valence-corrected chi connectivity index (χ3v) is 3.20. The molecule has 0 spiro atoms. The number of carbonyl (C=O) groups excluding carboxylic acids is 1. The van der Waals surface area contributed by atoms with Gasteiger partial charge in [0, 0.05) is 44.8 Å². The van der Waals surface area contributed by atoms with Gasteiger partial charge < -0.3 is 14.8 Å². The zero-order chi connectivity index (χ0) is 17.5. The summed E-state index contributed by atoms with van der Waals surface area (Å²) in [6, 6.07) is 10.9. The van der Waals surface area contributed by atoms with E-state index in [1.807, 2.05) is 44.0 Å². The van der Waals surface area contributed by atoms with Gasteiger partial charge in [-0.25, -0.2) is 4.99 Å². The zero-order valence-electron chi connectivity index (χ0n) is 13.9. The first kappa shape index (κ1) is 17.0. The average Bonchev–Trinajstić information content (AvgIpc) is 2.96. The van der Waals surface area contributed by atoms with Crippen molar-refractivity contribution in [1.29, 1.82) is 5.26 Å². The summed E-state index contributed by atoms with van der Waals surface area (Å²) in [6.45, 7) is 0. The Kier molecular flexibility index (Phi) is 5.53. The van der Waals surface area contributed by atoms with Gasteiger partial charge >= 0.3 is 0 Å². The molecule has 122 valence electrons. The van der Waals surface area contributed by atoms with Gasteiger partial charge in [0.1, 0.15) is 6.07 Å². The van der Waals surface area contributed by atoms with E-state index in [1.165, 1.54) is 6.08 Å². The number of nitrogens with one attached hydrogen (secondary N) is 1. The molecule has 1 heterocycles. The minimum atomic E-state index is -0.260. The molecule has 0 radical (unpaired) electrons. The van der Waals surface area contributed by atoms with E-state index in [0.29, 0.717) is 16.9 Å². The molecule has 1 aromatic heterocycles. The number of aliphatic imine (C=N–C) groups is 1. The van der Waals surface area contributed by atoms with Crippen molar-refractivity contribution >= 4 is 29.7 Å². The number of nitrogens with zero attached hydrogens (tertiary/aromatic N) is 4. The molecule has 1 N–H and O–H groups in total. The van der Waals surface area contributed by atoms with Crippen LogP contribution in [0.25, 0.3) is 6.08 Å². The molecule has 0 atom stereocenters. The van der Waals surface area contributed by atoms with Gasteiger partial charge in [-0.3, -0.25) is 4.79 Å². The van der Waals surface area contributed by atoms with E-state index in [9.17, 15) is 10.1 Å². The van der Waals surface area contributed by atoms with Gasteiger partial charge in [0.25, 0.3) is 0 Å². The predicted octanol–water partition coefficient (Wildman–Crippen LogP) is 2.77. The Hall–Kier alpha value is -3.33. The van der Waals surface area contributed by atoms with Crippen LogP contribution in [0.5, 0.6) is 0 Å². The Bertz CT molecular complexity index is 824. The van der Waals surface area contributed by atoms with Gasteiger partial charge in [0.2, 0.25) is 5.91 Å². The fourth-order valence-corrected chi connectivity index (χ4v) is 1.99. The number of carbonyl (C=O) groups is 1. The summed E-state index contributed by atoms with van der Waals surface area (Å²) in [4.78, 5) is 18.0. The van der Waals surface area contributed by atoms with Crippen LogP contribution < -0.4 is 5.32 Å².